The molecule has 12 heteroatoms. The highest BCUT2D eigenvalue weighted by atomic mass is 32.1. The fraction of sp³-hybridized carbons (Fsp3) is 0.267. The number of ether oxygens (including phenoxy) is 4. The molecule has 1 N–H and O–H groups in total. The number of hydrogen-bond donors (Lipinski definition) is 1. The summed E-state index contributed by atoms with van der Waals surface area (Å²) in [6, 6.07) is 16.3. The minimum Gasteiger partial charge on any atom is -0.497 e. The predicted molar refractivity (Wildman–Crippen MR) is 150 cm³/mol. The number of amides is 1. The molecule has 1 aliphatic heterocycles. The highest BCUT2D eigenvalue weighted by Crippen LogP contribution is 2.34. The SMILES string of the molecule is COc1ccc(CN(Cc2ccc3c(c2)OCO3)Cc2nc(C(=O)NCc3cccc(C(F)(F)F)c3)cs2)c(OC)c1. The minimum atomic E-state index is -4.45. The number of hydrogen-bond acceptors (Lipinski definition) is 8. The van der Waals surface area contributed by atoms with Gasteiger partial charge in [-0.15, -0.1) is 11.3 Å². The van der Waals surface area contributed by atoms with E-state index in [0.29, 0.717) is 53.2 Å². The molecule has 0 atom stereocenters. The summed E-state index contributed by atoms with van der Waals surface area (Å²) in [6.45, 7) is 1.61. The van der Waals surface area contributed by atoms with Gasteiger partial charge in [0.05, 0.1) is 26.3 Å². The lowest BCUT2D eigenvalue weighted by atomic mass is 10.1. The molecule has 1 aliphatic rings. The number of nitrogens with zero attached hydrogens (tertiary/aromatic N) is 2. The standard InChI is InChI=1S/C30H28F3N3O5S/c1-38-23-8-7-21(26(12-23)39-2)15-36(14-20-6-9-25-27(11-20)41-18-40-25)16-28-35-24(17-42-28)29(37)34-13-19-4-3-5-22(10-19)30(31,32)33/h3-12,17H,13-16,18H2,1-2H3,(H,34,37). The van der Waals surface area contributed by atoms with Crippen LogP contribution in [0.15, 0.2) is 66.0 Å². The van der Waals surface area contributed by atoms with Crippen molar-refractivity contribution in [2.75, 3.05) is 21.0 Å². The molecule has 0 unspecified atom stereocenters. The van der Waals surface area contributed by atoms with Crippen LogP contribution in [0.25, 0.3) is 0 Å². The first-order valence-electron chi connectivity index (χ1n) is 12.9. The lowest BCUT2D eigenvalue weighted by molar-refractivity contribution is -0.137. The van der Waals surface area contributed by atoms with Gasteiger partial charge in [-0.2, -0.15) is 13.2 Å². The fourth-order valence-corrected chi connectivity index (χ4v) is 5.31. The number of carbonyl (C=O) groups excluding carboxylic acids is 1. The number of nitrogens with one attached hydrogen (secondary N) is 1. The first-order chi connectivity index (χ1) is 20.2. The second-order valence-electron chi connectivity index (χ2n) is 9.52. The van der Waals surface area contributed by atoms with E-state index in [1.807, 2.05) is 36.4 Å². The molecule has 0 saturated carbocycles. The first kappa shape index (κ1) is 29.2. The molecule has 3 aromatic carbocycles. The molecule has 0 aliphatic carbocycles. The van der Waals surface area contributed by atoms with E-state index in [0.717, 1.165) is 23.3 Å². The van der Waals surface area contributed by atoms with Gasteiger partial charge in [0.25, 0.3) is 5.91 Å². The third-order valence-corrected chi connectivity index (χ3v) is 7.42. The Morgan fingerprint density at radius 3 is 2.60 bits per heavy atom. The summed E-state index contributed by atoms with van der Waals surface area (Å²) >= 11 is 1.33. The lowest BCUT2D eigenvalue weighted by Crippen LogP contribution is -2.24. The summed E-state index contributed by atoms with van der Waals surface area (Å²) in [6.07, 6.45) is -4.45. The van der Waals surface area contributed by atoms with Gasteiger partial charge in [-0.1, -0.05) is 24.3 Å². The van der Waals surface area contributed by atoms with Gasteiger partial charge in [-0.25, -0.2) is 4.98 Å². The van der Waals surface area contributed by atoms with Crippen LogP contribution in [0.3, 0.4) is 0 Å². The van der Waals surface area contributed by atoms with Crippen molar-refractivity contribution in [1.82, 2.24) is 15.2 Å². The van der Waals surface area contributed by atoms with Crippen LogP contribution in [-0.4, -0.2) is 36.8 Å². The third kappa shape index (κ3) is 7.12. The molecule has 1 aromatic heterocycles. The number of fused-ring (bicyclic) bond motifs is 1. The minimum absolute atomic E-state index is 0.0525. The van der Waals surface area contributed by atoms with Gasteiger partial charge in [0.15, 0.2) is 11.5 Å². The second kappa shape index (κ2) is 12.7. The van der Waals surface area contributed by atoms with Crippen molar-refractivity contribution in [3.8, 4) is 23.0 Å². The monoisotopic (exact) mass is 599 g/mol. The molecule has 0 spiro atoms. The molecule has 0 bridgehead atoms. The summed E-state index contributed by atoms with van der Waals surface area (Å²) in [5.41, 5.74) is 1.72. The predicted octanol–water partition coefficient (Wildman–Crippen LogP) is 6.04. The fourth-order valence-electron chi connectivity index (χ4n) is 4.50. The Morgan fingerprint density at radius 1 is 0.976 bits per heavy atom. The number of rotatable bonds is 11. The number of alkyl halides is 3. The third-order valence-electron chi connectivity index (χ3n) is 6.58. The van der Waals surface area contributed by atoms with Gasteiger partial charge in [0, 0.05) is 36.6 Å². The molecular weight excluding hydrogens is 571 g/mol. The Hall–Kier alpha value is -4.29. The van der Waals surface area contributed by atoms with Crippen molar-refractivity contribution in [3.63, 3.8) is 0 Å². The quantitative estimate of drug-likeness (QED) is 0.225. The van der Waals surface area contributed by atoms with E-state index < -0.39 is 17.6 Å². The van der Waals surface area contributed by atoms with Crippen LogP contribution >= 0.6 is 11.3 Å². The zero-order valence-corrected chi connectivity index (χ0v) is 23.7. The molecule has 220 valence electrons. The van der Waals surface area contributed by atoms with Crippen molar-refractivity contribution in [3.05, 3.63) is 99.0 Å². The number of benzene rings is 3. The lowest BCUT2D eigenvalue weighted by Gasteiger charge is -2.23. The van der Waals surface area contributed by atoms with E-state index in [9.17, 15) is 18.0 Å². The Bertz CT molecular complexity index is 1560. The molecule has 0 fully saturated rings. The molecular formula is C30H28F3N3O5S. The molecule has 42 heavy (non-hydrogen) atoms. The van der Waals surface area contributed by atoms with Gasteiger partial charge in [0.2, 0.25) is 6.79 Å². The van der Waals surface area contributed by atoms with Gasteiger partial charge < -0.3 is 24.3 Å². The van der Waals surface area contributed by atoms with Crippen LogP contribution in [0, 0.1) is 0 Å². The van der Waals surface area contributed by atoms with Gasteiger partial charge in [0.1, 0.15) is 22.2 Å². The Labute approximate surface area is 244 Å². The summed E-state index contributed by atoms with van der Waals surface area (Å²) in [5.74, 6) is 2.28. The topological polar surface area (TPSA) is 82.2 Å². The van der Waals surface area contributed by atoms with E-state index in [1.54, 1.807) is 19.6 Å². The zero-order valence-electron chi connectivity index (χ0n) is 22.9. The van der Waals surface area contributed by atoms with E-state index in [-0.39, 0.29) is 19.0 Å². The van der Waals surface area contributed by atoms with Gasteiger partial charge in [-0.3, -0.25) is 9.69 Å². The summed E-state index contributed by atoms with van der Waals surface area (Å²) < 4.78 is 61.0. The highest BCUT2D eigenvalue weighted by Gasteiger charge is 2.30. The van der Waals surface area contributed by atoms with Crippen molar-refractivity contribution in [2.45, 2.75) is 32.4 Å². The van der Waals surface area contributed by atoms with Gasteiger partial charge in [-0.05, 0) is 41.5 Å². The highest BCUT2D eigenvalue weighted by molar-refractivity contribution is 7.09. The van der Waals surface area contributed by atoms with Crippen LogP contribution in [0.2, 0.25) is 0 Å². The number of carbonyl (C=O) groups is 1. The van der Waals surface area contributed by atoms with Crippen molar-refractivity contribution < 1.29 is 36.9 Å². The Morgan fingerprint density at radius 2 is 1.81 bits per heavy atom. The van der Waals surface area contributed by atoms with E-state index in [2.05, 4.69) is 15.2 Å². The summed E-state index contributed by atoms with van der Waals surface area (Å²) in [4.78, 5) is 19.5. The Balaban J connectivity index is 1.30. The van der Waals surface area contributed by atoms with Crippen LogP contribution in [-0.2, 0) is 32.4 Å². The summed E-state index contributed by atoms with van der Waals surface area (Å²) in [7, 11) is 3.20. The van der Waals surface area contributed by atoms with E-state index in [4.69, 9.17) is 18.9 Å². The smallest absolute Gasteiger partial charge is 0.416 e. The van der Waals surface area contributed by atoms with Crippen LogP contribution in [0.5, 0.6) is 23.0 Å². The molecule has 8 nitrogen and oxygen atoms in total. The average molecular weight is 600 g/mol. The van der Waals surface area contributed by atoms with Crippen molar-refractivity contribution in [2.24, 2.45) is 0 Å². The van der Waals surface area contributed by atoms with Crippen molar-refractivity contribution >= 4 is 17.2 Å². The number of aromatic nitrogens is 1. The molecule has 5 rings (SSSR count). The summed E-state index contributed by atoms with van der Waals surface area (Å²) in [5, 5.41) is 5.00. The molecule has 1 amide bonds. The number of halogens is 3. The average Bonchev–Trinajstić information content (AvgIpc) is 3.65. The maximum absolute atomic E-state index is 13.0. The largest absolute Gasteiger partial charge is 0.497 e. The Kier molecular flexibility index (Phi) is 8.83. The number of methoxy groups -OCH3 is 2. The maximum atomic E-state index is 13.0. The molecule has 4 aromatic rings. The van der Waals surface area contributed by atoms with Crippen LogP contribution in [0.4, 0.5) is 13.2 Å². The number of thiazole rings is 1. The van der Waals surface area contributed by atoms with Crippen LogP contribution in [0.1, 0.15) is 37.7 Å². The molecule has 0 radical (unpaired) electrons. The first-order valence-corrected chi connectivity index (χ1v) is 13.8. The molecule has 2 heterocycles. The van der Waals surface area contributed by atoms with E-state index >= 15 is 0 Å². The zero-order chi connectivity index (χ0) is 29.7. The van der Waals surface area contributed by atoms with E-state index in [1.165, 1.54) is 23.5 Å². The second-order valence-corrected chi connectivity index (χ2v) is 10.5. The van der Waals surface area contributed by atoms with Crippen LogP contribution < -0.4 is 24.3 Å². The van der Waals surface area contributed by atoms with Crippen molar-refractivity contribution in [1.29, 1.82) is 0 Å². The normalized spacial score (nSPS) is 12.4. The van der Waals surface area contributed by atoms with Gasteiger partial charge >= 0.3 is 6.18 Å². The molecule has 0 saturated heterocycles. The maximum Gasteiger partial charge on any atom is 0.416 e.